The molecule has 0 bridgehead atoms. The summed E-state index contributed by atoms with van der Waals surface area (Å²) in [7, 11) is 0. The van der Waals surface area contributed by atoms with Gasteiger partial charge in [0, 0.05) is 18.5 Å². The van der Waals surface area contributed by atoms with Crippen LogP contribution in [-0.4, -0.2) is 34.6 Å². The van der Waals surface area contributed by atoms with Crippen LogP contribution in [-0.2, 0) is 11.3 Å². The maximum atomic E-state index is 12.1. The molecule has 2 aromatic rings. The van der Waals surface area contributed by atoms with Gasteiger partial charge in [0.05, 0.1) is 18.8 Å². The van der Waals surface area contributed by atoms with Crippen LogP contribution < -0.4 is 11.2 Å². The van der Waals surface area contributed by atoms with Crippen LogP contribution in [0.1, 0.15) is 24.3 Å². The third-order valence-corrected chi connectivity index (χ3v) is 4.27. The monoisotopic (exact) mass is 369 g/mol. The molecule has 1 amide bonds. The molecular formula is C17H19N7OS. The number of aliphatic imine (C=N–C) groups is 1. The van der Waals surface area contributed by atoms with Gasteiger partial charge in [-0.1, -0.05) is 41.7 Å². The maximum Gasteiger partial charge on any atom is 0.273 e. The van der Waals surface area contributed by atoms with E-state index in [0.717, 1.165) is 23.4 Å². The van der Waals surface area contributed by atoms with Crippen LogP contribution in [0, 0.1) is 11.3 Å². The van der Waals surface area contributed by atoms with Crippen molar-refractivity contribution in [3.05, 3.63) is 35.3 Å². The van der Waals surface area contributed by atoms with E-state index in [1.54, 1.807) is 0 Å². The minimum absolute atomic E-state index is 0.0399. The molecule has 0 aliphatic heterocycles. The van der Waals surface area contributed by atoms with Gasteiger partial charge in [-0.05, 0) is 12.8 Å². The van der Waals surface area contributed by atoms with Crippen molar-refractivity contribution in [1.29, 1.82) is 5.26 Å². The Labute approximate surface area is 155 Å². The molecule has 0 atom stereocenters. The standard InChI is InChI=1S/C17H19N7OS/c18-9-5-2-6-10-20-11-14(22-19)16(25)21-12-15-23-24-17(26-15)13-7-3-1-4-8-13/h1,3-4,7-8,11H,2,5-6,10,12,19H2,(H,21,25)/b20-11?,22-14+. The Bertz CT molecular complexity index is 808. The van der Waals surface area contributed by atoms with Crippen LogP contribution in [0.4, 0.5) is 0 Å². The average molecular weight is 369 g/mol. The molecule has 9 heteroatoms. The summed E-state index contributed by atoms with van der Waals surface area (Å²) >= 11 is 1.41. The summed E-state index contributed by atoms with van der Waals surface area (Å²) in [6, 6.07) is 11.8. The van der Waals surface area contributed by atoms with Crippen LogP contribution in [0.25, 0.3) is 10.6 Å². The Balaban J connectivity index is 1.82. The molecule has 8 nitrogen and oxygen atoms in total. The molecule has 1 aromatic carbocycles. The molecule has 1 heterocycles. The lowest BCUT2D eigenvalue weighted by molar-refractivity contribution is -0.114. The van der Waals surface area contributed by atoms with Crippen molar-refractivity contribution in [2.45, 2.75) is 25.8 Å². The van der Waals surface area contributed by atoms with E-state index >= 15 is 0 Å². The molecule has 0 radical (unpaired) electrons. The van der Waals surface area contributed by atoms with Gasteiger partial charge in [0.25, 0.3) is 5.91 Å². The van der Waals surface area contributed by atoms with Crippen molar-refractivity contribution in [3.8, 4) is 16.6 Å². The molecular weight excluding hydrogens is 350 g/mol. The van der Waals surface area contributed by atoms with Gasteiger partial charge in [-0.2, -0.15) is 10.4 Å². The molecule has 0 aliphatic rings. The predicted molar refractivity (Wildman–Crippen MR) is 102 cm³/mol. The molecule has 26 heavy (non-hydrogen) atoms. The first-order valence-corrected chi connectivity index (χ1v) is 8.87. The maximum absolute atomic E-state index is 12.1. The average Bonchev–Trinajstić information content (AvgIpc) is 3.15. The molecule has 3 N–H and O–H groups in total. The number of rotatable bonds is 9. The van der Waals surface area contributed by atoms with Gasteiger partial charge in [-0.25, -0.2) is 0 Å². The summed E-state index contributed by atoms with van der Waals surface area (Å²) in [4.78, 5) is 16.2. The van der Waals surface area contributed by atoms with Gasteiger partial charge >= 0.3 is 0 Å². The number of unbranched alkanes of at least 4 members (excludes halogenated alkanes) is 2. The van der Waals surface area contributed by atoms with Gasteiger partial charge < -0.3 is 11.2 Å². The van der Waals surface area contributed by atoms with Crippen molar-refractivity contribution < 1.29 is 4.79 Å². The number of hydrogen-bond donors (Lipinski definition) is 2. The lowest BCUT2D eigenvalue weighted by Crippen LogP contribution is -2.32. The van der Waals surface area contributed by atoms with E-state index in [9.17, 15) is 4.79 Å². The highest BCUT2D eigenvalue weighted by Gasteiger charge is 2.11. The number of hydrogen-bond acceptors (Lipinski definition) is 8. The summed E-state index contributed by atoms with van der Waals surface area (Å²) in [6.07, 6.45) is 3.39. The second-order valence-corrected chi connectivity index (χ2v) is 6.28. The van der Waals surface area contributed by atoms with E-state index in [-0.39, 0.29) is 12.3 Å². The Kier molecular flexibility index (Phi) is 7.89. The first kappa shape index (κ1) is 19.2. The van der Waals surface area contributed by atoms with Crippen molar-refractivity contribution in [1.82, 2.24) is 15.5 Å². The fourth-order valence-corrected chi connectivity index (χ4v) is 2.76. The lowest BCUT2D eigenvalue weighted by Gasteiger charge is -2.01. The normalized spacial score (nSPS) is 11.4. The molecule has 0 spiro atoms. The van der Waals surface area contributed by atoms with Crippen molar-refractivity contribution >= 4 is 29.2 Å². The van der Waals surface area contributed by atoms with Crippen LogP contribution in [0.3, 0.4) is 0 Å². The predicted octanol–water partition coefficient (Wildman–Crippen LogP) is 1.90. The summed E-state index contributed by atoms with van der Waals surface area (Å²) < 4.78 is 0. The van der Waals surface area contributed by atoms with Gasteiger partial charge in [0.1, 0.15) is 10.0 Å². The largest absolute Gasteiger partial charge is 0.344 e. The Hall–Kier alpha value is -3.12. The van der Waals surface area contributed by atoms with Gasteiger partial charge in [-0.15, -0.1) is 10.2 Å². The highest BCUT2D eigenvalue weighted by atomic mass is 32.1. The zero-order valence-corrected chi connectivity index (χ0v) is 14.9. The number of nitrogens with zero attached hydrogens (tertiary/aromatic N) is 5. The topological polar surface area (TPSA) is 129 Å². The quantitative estimate of drug-likeness (QED) is 0.302. The number of amides is 1. The van der Waals surface area contributed by atoms with Crippen LogP contribution in [0.5, 0.6) is 0 Å². The molecule has 2 rings (SSSR count). The third kappa shape index (κ3) is 6.07. The summed E-state index contributed by atoms with van der Waals surface area (Å²) in [5.41, 5.74) is 1.02. The number of benzene rings is 1. The van der Waals surface area contributed by atoms with E-state index in [0.29, 0.717) is 18.0 Å². The molecule has 1 aromatic heterocycles. The van der Waals surface area contributed by atoms with E-state index in [1.807, 2.05) is 30.3 Å². The zero-order chi connectivity index (χ0) is 18.6. The fourth-order valence-electron chi connectivity index (χ4n) is 1.98. The van der Waals surface area contributed by atoms with Gasteiger partial charge in [-0.3, -0.25) is 9.79 Å². The van der Waals surface area contributed by atoms with Crippen molar-refractivity contribution in [2.24, 2.45) is 15.9 Å². The Morgan fingerprint density at radius 2 is 2.12 bits per heavy atom. The zero-order valence-electron chi connectivity index (χ0n) is 14.1. The minimum Gasteiger partial charge on any atom is -0.344 e. The number of aromatic nitrogens is 2. The Morgan fingerprint density at radius 1 is 1.31 bits per heavy atom. The molecule has 0 unspecified atom stereocenters. The van der Waals surface area contributed by atoms with Crippen molar-refractivity contribution in [2.75, 3.05) is 6.54 Å². The highest BCUT2D eigenvalue weighted by Crippen LogP contribution is 2.22. The van der Waals surface area contributed by atoms with Gasteiger partial charge in [0.2, 0.25) is 0 Å². The summed E-state index contributed by atoms with van der Waals surface area (Å²) in [5, 5.41) is 24.3. The summed E-state index contributed by atoms with van der Waals surface area (Å²) in [5.74, 6) is 4.83. The fraction of sp³-hybridized carbons (Fsp3) is 0.294. The molecule has 134 valence electrons. The van der Waals surface area contributed by atoms with E-state index < -0.39 is 5.91 Å². The SMILES string of the molecule is N#CCCCCN=C/C(=N\N)C(=O)NCc1nnc(-c2ccccc2)s1. The molecule has 0 saturated carbocycles. The summed E-state index contributed by atoms with van der Waals surface area (Å²) in [6.45, 7) is 0.753. The number of carbonyl (C=O) groups is 1. The molecule has 0 aliphatic carbocycles. The smallest absolute Gasteiger partial charge is 0.273 e. The number of hydrazone groups is 1. The number of carbonyl (C=O) groups excluding carboxylic acids is 1. The van der Waals surface area contributed by atoms with Crippen LogP contribution >= 0.6 is 11.3 Å². The number of nitriles is 1. The molecule has 0 fully saturated rings. The van der Waals surface area contributed by atoms with Crippen LogP contribution in [0.2, 0.25) is 0 Å². The number of nitrogens with one attached hydrogen (secondary N) is 1. The highest BCUT2D eigenvalue weighted by molar-refractivity contribution is 7.14. The second kappa shape index (κ2) is 10.7. The minimum atomic E-state index is -0.426. The second-order valence-electron chi connectivity index (χ2n) is 5.21. The van der Waals surface area contributed by atoms with Crippen LogP contribution in [0.15, 0.2) is 40.4 Å². The van der Waals surface area contributed by atoms with E-state index in [4.69, 9.17) is 11.1 Å². The number of nitrogens with two attached hydrogens (primary N) is 1. The first-order valence-electron chi connectivity index (χ1n) is 8.05. The first-order chi connectivity index (χ1) is 12.7. The lowest BCUT2D eigenvalue weighted by atomic mass is 10.2. The third-order valence-electron chi connectivity index (χ3n) is 3.30. The van der Waals surface area contributed by atoms with E-state index in [1.165, 1.54) is 17.6 Å². The molecule has 0 saturated heterocycles. The van der Waals surface area contributed by atoms with Gasteiger partial charge in [0.15, 0.2) is 5.71 Å². The van der Waals surface area contributed by atoms with E-state index in [2.05, 4.69) is 31.7 Å². The van der Waals surface area contributed by atoms with Crippen molar-refractivity contribution in [3.63, 3.8) is 0 Å². The Morgan fingerprint density at radius 3 is 2.85 bits per heavy atom.